The average Bonchev–Trinajstić information content (AvgIpc) is 2.80. The number of anilines is 1. The molecule has 4 rings (SSSR count). The third-order valence-electron chi connectivity index (χ3n) is 5.88. The lowest BCUT2D eigenvalue weighted by atomic mass is 10.1. The summed E-state index contributed by atoms with van der Waals surface area (Å²) in [6.45, 7) is 4.91. The number of carbonyl (C=O) groups excluding carboxylic acids is 2. The number of piperidine rings is 1. The summed E-state index contributed by atoms with van der Waals surface area (Å²) in [6, 6.07) is 17.8. The van der Waals surface area contributed by atoms with Crippen molar-refractivity contribution in [1.82, 2.24) is 9.80 Å². The van der Waals surface area contributed by atoms with Crippen LogP contribution in [0.5, 0.6) is 0 Å². The molecular weight excluding hydrogens is 374 g/mol. The maximum absolute atomic E-state index is 12.9. The molecule has 2 saturated heterocycles. The van der Waals surface area contributed by atoms with Gasteiger partial charge < -0.3 is 9.80 Å². The third-order valence-corrected chi connectivity index (χ3v) is 5.88. The number of carbonyl (C=O) groups is 2. The Bertz CT molecular complexity index is 884. The van der Waals surface area contributed by atoms with Gasteiger partial charge in [-0.05, 0) is 42.7 Å². The Morgan fingerprint density at radius 3 is 2.30 bits per heavy atom. The van der Waals surface area contributed by atoms with Gasteiger partial charge in [0.05, 0.1) is 0 Å². The number of hydrogen-bond acceptors (Lipinski definition) is 3. The van der Waals surface area contributed by atoms with Crippen molar-refractivity contribution in [3.05, 3.63) is 71.8 Å². The molecule has 0 saturated carbocycles. The highest BCUT2D eigenvalue weighted by atomic mass is 16.2. The molecule has 2 aromatic carbocycles. The van der Waals surface area contributed by atoms with E-state index in [2.05, 4.69) is 29.2 Å². The second-order valence-electron chi connectivity index (χ2n) is 7.96. The molecule has 2 heterocycles. The Morgan fingerprint density at radius 1 is 0.867 bits per heavy atom. The van der Waals surface area contributed by atoms with Crippen molar-refractivity contribution < 1.29 is 9.59 Å². The first-order valence-electron chi connectivity index (χ1n) is 10.8. The maximum atomic E-state index is 12.9. The second-order valence-corrected chi connectivity index (χ2v) is 7.96. The molecule has 5 heteroatoms. The smallest absolute Gasteiger partial charge is 0.253 e. The lowest BCUT2D eigenvalue weighted by Crippen LogP contribution is -2.48. The van der Waals surface area contributed by atoms with Crippen LogP contribution in [0.3, 0.4) is 0 Å². The fourth-order valence-electron chi connectivity index (χ4n) is 4.08. The molecule has 2 aliphatic heterocycles. The zero-order valence-corrected chi connectivity index (χ0v) is 17.4. The molecule has 0 unspecified atom stereocenters. The first-order valence-corrected chi connectivity index (χ1v) is 10.8. The quantitative estimate of drug-likeness (QED) is 0.765. The first-order chi connectivity index (χ1) is 14.7. The Kier molecular flexibility index (Phi) is 6.60. The van der Waals surface area contributed by atoms with Gasteiger partial charge in [-0.3, -0.25) is 14.5 Å². The molecule has 2 aliphatic rings. The van der Waals surface area contributed by atoms with Gasteiger partial charge in [0.2, 0.25) is 5.91 Å². The van der Waals surface area contributed by atoms with E-state index >= 15 is 0 Å². The van der Waals surface area contributed by atoms with Crippen LogP contribution in [0.1, 0.15) is 35.2 Å². The molecule has 0 bridgehead atoms. The van der Waals surface area contributed by atoms with Gasteiger partial charge >= 0.3 is 0 Å². The van der Waals surface area contributed by atoms with Crippen molar-refractivity contribution in [3.8, 4) is 0 Å². The standard InChI is InChI=1S/C25H29N3O2/c29-24-10-4-5-16-28(24)23-13-11-22(12-14-23)25(30)27-19-17-26(18-20-27)15-6-9-21-7-2-1-3-8-21/h1-3,6-9,11-14H,4-5,10,15-20H2/b9-6+. The molecule has 0 N–H and O–H groups in total. The van der Waals surface area contributed by atoms with E-state index in [1.54, 1.807) is 0 Å². The van der Waals surface area contributed by atoms with Crippen molar-refractivity contribution in [2.45, 2.75) is 19.3 Å². The van der Waals surface area contributed by atoms with Gasteiger partial charge in [0.15, 0.2) is 0 Å². The van der Waals surface area contributed by atoms with E-state index in [9.17, 15) is 9.59 Å². The third kappa shape index (κ3) is 4.97. The molecule has 0 spiro atoms. The molecule has 30 heavy (non-hydrogen) atoms. The number of nitrogens with zero attached hydrogens (tertiary/aromatic N) is 3. The van der Waals surface area contributed by atoms with Gasteiger partial charge in [-0.2, -0.15) is 0 Å². The average molecular weight is 404 g/mol. The van der Waals surface area contributed by atoms with Crippen LogP contribution in [0.15, 0.2) is 60.7 Å². The summed E-state index contributed by atoms with van der Waals surface area (Å²) < 4.78 is 0. The van der Waals surface area contributed by atoms with Crippen LogP contribution in [0.25, 0.3) is 6.08 Å². The van der Waals surface area contributed by atoms with Crippen molar-refractivity contribution in [2.24, 2.45) is 0 Å². The summed E-state index contributed by atoms with van der Waals surface area (Å²) in [5, 5.41) is 0. The largest absolute Gasteiger partial charge is 0.336 e. The Morgan fingerprint density at radius 2 is 1.60 bits per heavy atom. The van der Waals surface area contributed by atoms with Gasteiger partial charge in [-0.1, -0.05) is 42.5 Å². The molecule has 2 aromatic rings. The fourth-order valence-corrected chi connectivity index (χ4v) is 4.08. The minimum absolute atomic E-state index is 0.0750. The highest BCUT2D eigenvalue weighted by molar-refractivity contribution is 5.97. The minimum atomic E-state index is 0.0750. The van der Waals surface area contributed by atoms with Crippen LogP contribution in [0, 0.1) is 0 Å². The molecular formula is C25H29N3O2. The summed E-state index contributed by atoms with van der Waals surface area (Å²) in [7, 11) is 0. The Hall–Kier alpha value is -2.92. The molecule has 0 atom stereocenters. The predicted octanol–water partition coefficient (Wildman–Crippen LogP) is 3.67. The van der Waals surface area contributed by atoms with Crippen LogP contribution in [0.4, 0.5) is 5.69 Å². The van der Waals surface area contributed by atoms with Crippen LogP contribution >= 0.6 is 0 Å². The monoisotopic (exact) mass is 403 g/mol. The zero-order chi connectivity index (χ0) is 20.8. The van der Waals surface area contributed by atoms with Crippen LogP contribution in [-0.4, -0.2) is 60.9 Å². The highest BCUT2D eigenvalue weighted by Gasteiger charge is 2.23. The lowest BCUT2D eigenvalue weighted by molar-refractivity contribution is -0.119. The SMILES string of the molecule is O=C(c1ccc(N2CCCCC2=O)cc1)N1CCN(C/C=C/c2ccccc2)CC1. The number of amides is 2. The second kappa shape index (κ2) is 9.72. The van der Waals surface area contributed by atoms with Gasteiger partial charge in [0.25, 0.3) is 5.91 Å². The van der Waals surface area contributed by atoms with Crippen molar-refractivity contribution >= 4 is 23.6 Å². The van der Waals surface area contributed by atoms with Crippen molar-refractivity contribution in [3.63, 3.8) is 0 Å². The van der Waals surface area contributed by atoms with Crippen LogP contribution < -0.4 is 4.90 Å². The Balaban J connectivity index is 1.27. The number of benzene rings is 2. The summed E-state index contributed by atoms with van der Waals surface area (Å²) >= 11 is 0. The molecule has 5 nitrogen and oxygen atoms in total. The molecule has 0 aliphatic carbocycles. The Labute approximate surface area is 178 Å². The van der Waals surface area contributed by atoms with Crippen molar-refractivity contribution in [1.29, 1.82) is 0 Å². The molecule has 156 valence electrons. The van der Waals surface area contributed by atoms with E-state index < -0.39 is 0 Å². The zero-order valence-electron chi connectivity index (χ0n) is 17.4. The van der Waals surface area contributed by atoms with E-state index in [0.717, 1.165) is 57.8 Å². The normalized spacial score (nSPS) is 18.2. The number of rotatable bonds is 5. The molecule has 0 aromatic heterocycles. The predicted molar refractivity (Wildman–Crippen MR) is 120 cm³/mol. The topological polar surface area (TPSA) is 43.9 Å². The maximum Gasteiger partial charge on any atom is 0.253 e. The van der Waals surface area contributed by atoms with Crippen LogP contribution in [-0.2, 0) is 4.79 Å². The number of piperazine rings is 1. The number of hydrogen-bond donors (Lipinski definition) is 0. The van der Waals surface area contributed by atoms with Gasteiger partial charge in [-0.25, -0.2) is 0 Å². The van der Waals surface area contributed by atoms with E-state index in [1.165, 1.54) is 5.56 Å². The van der Waals surface area contributed by atoms with Crippen molar-refractivity contribution in [2.75, 3.05) is 44.2 Å². The summed E-state index contributed by atoms with van der Waals surface area (Å²) in [5.41, 5.74) is 2.80. The summed E-state index contributed by atoms with van der Waals surface area (Å²) in [5.74, 6) is 0.253. The summed E-state index contributed by atoms with van der Waals surface area (Å²) in [4.78, 5) is 31.1. The lowest BCUT2D eigenvalue weighted by Gasteiger charge is -2.34. The fraction of sp³-hybridized carbons (Fsp3) is 0.360. The minimum Gasteiger partial charge on any atom is -0.336 e. The highest BCUT2D eigenvalue weighted by Crippen LogP contribution is 2.22. The molecule has 0 radical (unpaired) electrons. The summed E-state index contributed by atoms with van der Waals surface area (Å²) in [6.07, 6.45) is 6.96. The van der Waals surface area contributed by atoms with E-state index in [4.69, 9.17) is 0 Å². The van der Waals surface area contributed by atoms with Gasteiger partial charge in [0, 0.05) is 56.9 Å². The van der Waals surface area contributed by atoms with Gasteiger partial charge in [-0.15, -0.1) is 0 Å². The van der Waals surface area contributed by atoms with E-state index in [-0.39, 0.29) is 11.8 Å². The molecule has 2 amide bonds. The first kappa shape index (κ1) is 20.4. The van der Waals surface area contributed by atoms with Gasteiger partial charge in [0.1, 0.15) is 0 Å². The van der Waals surface area contributed by atoms with E-state index in [1.807, 2.05) is 52.3 Å². The molecule has 2 fully saturated rings. The van der Waals surface area contributed by atoms with Crippen LogP contribution in [0.2, 0.25) is 0 Å². The van der Waals surface area contributed by atoms with E-state index in [0.29, 0.717) is 12.0 Å².